The molecule has 0 amide bonds. The van der Waals surface area contributed by atoms with E-state index in [9.17, 15) is 0 Å². The summed E-state index contributed by atoms with van der Waals surface area (Å²) in [6.45, 7) is 14.7. The molecule has 0 aliphatic heterocycles. The number of allylic oxidation sites excluding steroid dienone is 4. The van der Waals surface area contributed by atoms with E-state index in [2.05, 4.69) is 288 Å². The number of hydrogen-bond donors (Lipinski definition) is 0. The standard InChI is InChI=1S/C102H76F2N2O2/c1-99(2,3)101(81-51-27-23-47-77(81)93-73-45-21-19-41-69(73)89(61-83(93)101)105(87-53-31-49-75-71-43-25-29-55-91(71)107-97(75)87)95-79(65-37-15-9-16-38-65)57-67(59-85(95)103)63-33-11-7-12-34-63)102(100(4,5)6)82-52-28-24-48-78(82)94-74-46-22-20-42-70(74)90(62-84(94)102)106(88-54-32-50-76-72-44-26-30-56-92(72)108-98(76)88)96-80(66-39-17-10-18-40-66)58-68(60-86(96)104)64-35-13-8-14-36-64/h7-17,19-39,41-62H,18,40H2,1-6H3. The van der Waals surface area contributed by atoms with Crippen molar-refractivity contribution in [1.29, 1.82) is 0 Å². The van der Waals surface area contributed by atoms with Gasteiger partial charge in [0.15, 0.2) is 11.2 Å². The predicted octanol–water partition coefficient (Wildman–Crippen LogP) is 29.1. The van der Waals surface area contributed by atoms with E-state index in [1.165, 1.54) is 11.1 Å². The van der Waals surface area contributed by atoms with E-state index >= 15 is 8.78 Å². The summed E-state index contributed by atoms with van der Waals surface area (Å²) in [4.78, 5) is 4.43. The van der Waals surface area contributed by atoms with Crippen LogP contribution in [-0.4, -0.2) is 0 Å². The van der Waals surface area contributed by atoms with Crippen molar-refractivity contribution >= 4 is 105 Å². The highest BCUT2D eigenvalue weighted by molar-refractivity contribution is 6.18. The highest BCUT2D eigenvalue weighted by atomic mass is 19.1. The number of furan rings is 2. The lowest BCUT2D eigenvalue weighted by Crippen LogP contribution is -2.62. The number of halogens is 2. The lowest BCUT2D eigenvalue weighted by molar-refractivity contribution is 0.0595. The van der Waals surface area contributed by atoms with E-state index in [0.717, 1.165) is 150 Å². The predicted molar refractivity (Wildman–Crippen MR) is 446 cm³/mol. The van der Waals surface area contributed by atoms with Crippen LogP contribution in [0.15, 0.2) is 336 Å². The molecule has 0 saturated heterocycles. The lowest BCUT2D eigenvalue weighted by atomic mass is 9.39. The number of nitrogens with zero attached hydrogens (tertiary/aromatic N) is 2. The summed E-state index contributed by atoms with van der Waals surface area (Å²) in [6.07, 6.45) is 8.01. The number of hydrogen-bond acceptors (Lipinski definition) is 4. The van der Waals surface area contributed by atoms with E-state index < -0.39 is 27.5 Å². The maximum Gasteiger partial charge on any atom is 0.159 e. The van der Waals surface area contributed by atoms with E-state index in [4.69, 9.17) is 8.83 Å². The second kappa shape index (κ2) is 24.5. The van der Waals surface area contributed by atoms with E-state index in [-0.39, 0.29) is 5.82 Å². The Hall–Kier alpha value is -12.6. The first kappa shape index (κ1) is 64.9. The van der Waals surface area contributed by atoms with Crippen molar-refractivity contribution in [2.24, 2.45) is 10.8 Å². The van der Waals surface area contributed by atoms with Crippen LogP contribution in [0.3, 0.4) is 0 Å². The van der Waals surface area contributed by atoms with Crippen LogP contribution in [0.25, 0.3) is 127 Å². The van der Waals surface area contributed by atoms with Crippen molar-refractivity contribution in [3.8, 4) is 55.6 Å². The number of anilines is 6. The van der Waals surface area contributed by atoms with Crippen LogP contribution in [0.4, 0.5) is 42.9 Å². The first-order valence-electron chi connectivity index (χ1n) is 37.7. The van der Waals surface area contributed by atoms with Gasteiger partial charge in [-0.2, -0.15) is 0 Å². The number of benzene rings is 15. The molecule has 0 saturated carbocycles. The summed E-state index contributed by atoms with van der Waals surface area (Å²) >= 11 is 0. The number of rotatable bonds is 11. The van der Waals surface area contributed by atoms with Gasteiger partial charge in [0.25, 0.3) is 0 Å². The smallest absolute Gasteiger partial charge is 0.159 e. The van der Waals surface area contributed by atoms with Crippen LogP contribution in [0, 0.1) is 22.5 Å². The van der Waals surface area contributed by atoms with Gasteiger partial charge in [0.1, 0.15) is 22.8 Å². The molecule has 3 aliphatic rings. The molecular weight excluding hydrogens is 1320 g/mol. The number of fused-ring (bicyclic) bond motifs is 16. The maximum absolute atomic E-state index is 19.5. The zero-order valence-corrected chi connectivity index (χ0v) is 61.1. The van der Waals surface area contributed by atoms with E-state index in [0.29, 0.717) is 40.3 Å². The SMILES string of the molecule is CC(C)(C)C1(C2(C(C)(C)C)c3ccccc3-c3c2cc(N(c2c(F)cc(-c4ccccc4)cc2-c2ccccc2)c2cccc4c2oc2ccccc24)c2ccccc32)c2ccccc2-c2c1cc(N(c1c(F)cc(-c3ccccc3)cc1C1=CC=CCC1)c1cccc3c1oc1ccccc13)c1ccccc21. The van der Waals surface area contributed by atoms with Crippen LogP contribution in [-0.2, 0) is 10.8 Å². The molecule has 4 nitrogen and oxygen atoms in total. The zero-order valence-electron chi connectivity index (χ0n) is 61.1. The molecule has 2 atom stereocenters. The minimum absolute atomic E-state index is 0.362. The van der Waals surface area contributed by atoms with Crippen LogP contribution < -0.4 is 9.80 Å². The molecule has 2 aromatic heterocycles. The summed E-state index contributed by atoms with van der Waals surface area (Å²) in [5.74, 6) is -0.755. The summed E-state index contributed by atoms with van der Waals surface area (Å²) < 4.78 is 53.4. The third-order valence-electron chi connectivity index (χ3n) is 23.8. The fourth-order valence-electron chi connectivity index (χ4n) is 19.9. The van der Waals surface area contributed by atoms with Gasteiger partial charge >= 0.3 is 0 Å². The van der Waals surface area contributed by atoms with Gasteiger partial charge < -0.3 is 18.6 Å². The van der Waals surface area contributed by atoms with Crippen molar-refractivity contribution < 1.29 is 17.6 Å². The first-order valence-corrected chi connectivity index (χ1v) is 37.7. The minimum Gasteiger partial charge on any atom is -0.454 e. The normalized spacial score (nSPS) is 16.0. The molecule has 20 rings (SSSR count). The molecule has 15 aromatic carbocycles. The molecule has 2 unspecified atom stereocenters. The van der Waals surface area contributed by atoms with Gasteiger partial charge in [-0.3, -0.25) is 0 Å². The Morgan fingerprint density at radius 1 is 0.315 bits per heavy atom. The van der Waals surface area contributed by atoms with Gasteiger partial charge in [-0.15, -0.1) is 0 Å². The topological polar surface area (TPSA) is 32.8 Å². The molecule has 0 spiro atoms. The molecule has 3 aliphatic carbocycles. The Bertz CT molecular complexity index is 6630. The highest BCUT2D eigenvalue weighted by Gasteiger charge is 2.71. The Balaban J connectivity index is 0.950. The fraction of sp³-hybridized carbons (Fsp3) is 0.118. The van der Waals surface area contributed by atoms with Gasteiger partial charge in [-0.1, -0.05) is 308 Å². The Labute approximate surface area is 627 Å². The quantitative estimate of drug-likeness (QED) is 0.129. The van der Waals surface area contributed by atoms with Gasteiger partial charge in [-0.05, 0) is 173 Å². The summed E-state index contributed by atoms with van der Waals surface area (Å²) in [5, 5.41) is 7.75. The van der Waals surface area contributed by atoms with E-state index in [1.807, 2.05) is 78.9 Å². The van der Waals surface area contributed by atoms with Crippen molar-refractivity contribution in [2.75, 3.05) is 9.80 Å². The zero-order chi connectivity index (χ0) is 73.0. The molecule has 17 aromatic rings. The third-order valence-corrected chi connectivity index (χ3v) is 23.8. The van der Waals surface area contributed by atoms with Crippen LogP contribution in [0.5, 0.6) is 0 Å². The molecule has 108 heavy (non-hydrogen) atoms. The molecule has 520 valence electrons. The Morgan fingerprint density at radius 2 is 0.694 bits per heavy atom. The largest absolute Gasteiger partial charge is 0.454 e. The molecular formula is C102H76F2N2O2. The van der Waals surface area contributed by atoms with Crippen LogP contribution in [0.1, 0.15) is 82.2 Å². The second-order valence-electron chi connectivity index (χ2n) is 31.5. The van der Waals surface area contributed by atoms with Gasteiger partial charge in [0.05, 0.1) is 34.1 Å². The molecule has 0 bridgehead atoms. The summed E-state index contributed by atoms with van der Waals surface area (Å²) in [7, 11) is 0. The average molecular weight is 1400 g/mol. The summed E-state index contributed by atoms with van der Waals surface area (Å²) in [5.41, 5.74) is 19.1. The molecule has 0 N–H and O–H groups in total. The lowest BCUT2D eigenvalue weighted by Gasteiger charge is -2.62. The monoisotopic (exact) mass is 1400 g/mol. The van der Waals surface area contributed by atoms with Gasteiger partial charge in [0.2, 0.25) is 0 Å². The van der Waals surface area contributed by atoms with Crippen molar-refractivity contribution in [3.63, 3.8) is 0 Å². The van der Waals surface area contributed by atoms with Crippen molar-refractivity contribution in [3.05, 3.63) is 367 Å². The maximum atomic E-state index is 19.5. The number of para-hydroxylation sites is 4. The minimum atomic E-state index is -1.03. The Kier molecular flexibility index (Phi) is 14.7. The van der Waals surface area contributed by atoms with Gasteiger partial charge in [-0.25, -0.2) is 8.78 Å². The fourth-order valence-corrected chi connectivity index (χ4v) is 19.9. The highest BCUT2D eigenvalue weighted by Crippen LogP contribution is 2.77. The molecule has 0 fully saturated rings. The molecule has 0 radical (unpaired) electrons. The second-order valence-corrected chi connectivity index (χ2v) is 31.5. The summed E-state index contributed by atoms with van der Waals surface area (Å²) in [6, 6.07) is 108. The first-order chi connectivity index (χ1) is 52.7. The molecule has 2 heterocycles. The van der Waals surface area contributed by atoms with E-state index in [1.54, 1.807) is 12.1 Å². The van der Waals surface area contributed by atoms with Crippen LogP contribution in [0.2, 0.25) is 0 Å². The van der Waals surface area contributed by atoms with Gasteiger partial charge in [0, 0.05) is 54.3 Å². The third kappa shape index (κ3) is 9.32. The molecule has 6 heteroatoms. The average Bonchev–Trinajstić information content (AvgIpc) is 1.45. The Morgan fingerprint density at radius 3 is 1.14 bits per heavy atom. The van der Waals surface area contributed by atoms with Crippen molar-refractivity contribution in [1.82, 2.24) is 0 Å². The van der Waals surface area contributed by atoms with Crippen molar-refractivity contribution in [2.45, 2.75) is 65.2 Å². The van der Waals surface area contributed by atoms with Crippen LogP contribution >= 0.6 is 0 Å².